The van der Waals surface area contributed by atoms with Gasteiger partial charge in [0.1, 0.15) is 40.3 Å². The summed E-state index contributed by atoms with van der Waals surface area (Å²) in [5.74, 6) is -0.896. The van der Waals surface area contributed by atoms with Crippen molar-refractivity contribution < 1.29 is 27.8 Å². The van der Waals surface area contributed by atoms with Gasteiger partial charge in [0.25, 0.3) is 0 Å². The molecule has 0 spiro atoms. The van der Waals surface area contributed by atoms with Gasteiger partial charge >= 0.3 is 0 Å². The van der Waals surface area contributed by atoms with Crippen molar-refractivity contribution in [3.63, 3.8) is 0 Å². The van der Waals surface area contributed by atoms with Gasteiger partial charge in [0, 0.05) is 17.6 Å². The summed E-state index contributed by atoms with van der Waals surface area (Å²) in [4.78, 5) is -0.308. The SMILES string of the molecule is C[C@H](O)[C@]1(O)CN(S(=O)(=O)c2ccc(Cl)cc2C#N)C[C@@H]1Oc1ccc(C#N)c(F)c1. The van der Waals surface area contributed by atoms with E-state index < -0.39 is 40.2 Å². The zero-order chi connectivity index (χ0) is 23.0. The van der Waals surface area contributed by atoms with Crippen LogP contribution in [0.2, 0.25) is 5.02 Å². The highest BCUT2D eigenvalue weighted by molar-refractivity contribution is 7.89. The van der Waals surface area contributed by atoms with E-state index in [2.05, 4.69) is 0 Å². The van der Waals surface area contributed by atoms with Gasteiger partial charge in [-0.2, -0.15) is 14.8 Å². The van der Waals surface area contributed by atoms with E-state index in [4.69, 9.17) is 21.6 Å². The summed E-state index contributed by atoms with van der Waals surface area (Å²) in [6.07, 6.45) is -2.66. The zero-order valence-corrected chi connectivity index (χ0v) is 17.7. The number of nitrogens with zero attached hydrogens (tertiary/aromatic N) is 3. The molecule has 0 aromatic heterocycles. The summed E-state index contributed by atoms with van der Waals surface area (Å²) in [6.45, 7) is 0.373. The van der Waals surface area contributed by atoms with Crippen LogP contribution < -0.4 is 4.74 Å². The van der Waals surface area contributed by atoms with Crippen LogP contribution in [-0.4, -0.2) is 53.8 Å². The van der Waals surface area contributed by atoms with E-state index in [-0.39, 0.29) is 33.3 Å². The van der Waals surface area contributed by atoms with Gasteiger partial charge in [-0.1, -0.05) is 11.6 Å². The summed E-state index contributed by atoms with van der Waals surface area (Å²) in [6, 6.07) is 10.6. The Morgan fingerprint density at radius 1 is 1.26 bits per heavy atom. The van der Waals surface area contributed by atoms with E-state index >= 15 is 0 Å². The number of aliphatic hydroxyl groups is 2. The second-order valence-electron chi connectivity index (χ2n) is 7.08. The molecular weight excluding hydrogens is 449 g/mol. The van der Waals surface area contributed by atoms with E-state index in [0.29, 0.717) is 0 Å². The van der Waals surface area contributed by atoms with Crippen LogP contribution in [0.25, 0.3) is 0 Å². The first kappa shape index (κ1) is 22.9. The van der Waals surface area contributed by atoms with Crippen LogP contribution in [-0.2, 0) is 10.0 Å². The number of aliphatic hydroxyl groups excluding tert-OH is 1. The lowest BCUT2D eigenvalue weighted by Crippen LogP contribution is -2.53. The van der Waals surface area contributed by atoms with E-state index in [9.17, 15) is 28.3 Å². The van der Waals surface area contributed by atoms with Gasteiger partial charge < -0.3 is 14.9 Å². The van der Waals surface area contributed by atoms with Crippen molar-refractivity contribution in [3.8, 4) is 17.9 Å². The van der Waals surface area contributed by atoms with Crippen LogP contribution >= 0.6 is 11.6 Å². The van der Waals surface area contributed by atoms with E-state index in [0.717, 1.165) is 10.4 Å². The van der Waals surface area contributed by atoms with Crippen LogP contribution in [0.15, 0.2) is 41.3 Å². The van der Waals surface area contributed by atoms with Crippen molar-refractivity contribution in [2.45, 2.75) is 29.6 Å². The Bertz CT molecular complexity index is 1210. The molecule has 2 aromatic rings. The molecule has 0 amide bonds. The summed E-state index contributed by atoms with van der Waals surface area (Å²) < 4.78 is 46.7. The highest BCUT2D eigenvalue weighted by Crippen LogP contribution is 2.34. The number of hydrogen-bond acceptors (Lipinski definition) is 7. The molecule has 0 bridgehead atoms. The molecule has 11 heteroatoms. The predicted molar refractivity (Wildman–Crippen MR) is 107 cm³/mol. The summed E-state index contributed by atoms with van der Waals surface area (Å²) in [5, 5.41) is 39.5. The van der Waals surface area contributed by atoms with Crippen molar-refractivity contribution in [2.24, 2.45) is 0 Å². The van der Waals surface area contributed by atoms with Gasteiger partial charge in [0.2, 0.25) is 10.0 Å². The number of sulfonamides is 1. The molecule has 3 rings (SSSR count). The number of ether oxygens (including phenoxy) is 1. The number of hydrogen-bond donors (Lipinski definition) is 2. The minimum Gasteiger partial charge on any atom is -0.486 e. The molecule has 0 radical (unpaired) electrons. The lowest BCUT2D eigenvalue weighted by atomic mass is 9.94. The Labute approximate surface area is 183 Å². The predicted octanol–water partition coefficient (Wildman–Crippen LogP) is 1.79. The number of halogens is 2. The van der Waals surface area contributed by atoms with Crippen LogP contribution in [0.1, 0.15) is 18.1 Å². The van der Waals surface area contributed by atoms with Gasteiger partial charge in [-0.05, 0) is 37.3 Å². The first-order valence-corrected chi connectivity index (χ1v) is 10.8. The first-order chi connectivity index (χ1) is 14.5. The van der Waals surface area contributed by atoms with Crippen molar-refractivity contribution in [2.75, 3.05) is 13.1 Å². The van der Waals surface area contributed by atoms with Gasteiger partial charge in [-0.15, -0.1) is 0 Å². The normalized spacial score (nSPS) is 22.5. The fourth-order valence-corrected chi connectivity index (χ4v) is 5.07. The fourth-order valence-electron chi connectivity index (χ4n) is 3.29. The lowest BCUT2D eigenvalue weighted by molar-refractivity contribution is -0.104. The fraction of sp³-hybridized carbons (Fsp3) is 0.300. The first-order valence-electron chi connectivity index (χ1n) is 8.99. The second kappa shape index (κ2) is 8.42. The molecule has 8 nitrogen and oxygen atoms in total. The molecule has 0 saturated carbocycles. The molecule has 3 atom stereocenters. The average molecular weight is 466 g/mol. The summed E-state index contributed by atoms with van der Waals surface area (Å²) >= 11 is 5.84. The van der Waals surface area contributed by atoms with Crippen LogP contribution in [0.5, 0.6) is 5.75 Å². The van der Waals surface area contributed by atoms with Gasteiger partial charge in [0.15, 0.2) is 0 Å². The highest BCUT2D eigenvalue weighted by Gasteiger charge is 2.54. The Kier molecular flexibility index (Phi) is 6.23. The maximum atomic E-state index is 13.9. The third-order valence-corrected chi connectivity index (χ3v) is 7.20. The van der Waals surface area contributed by atoms with Gasteiger partial charge in [-0.3, -0.25) is 0 Å². The number of β-amino-alcohol motifs (C(OH)–C–C–N with tert-alkyl or cyclic N) is 1. The Balaban J connectivity index is 1.96. The molecule has 0 aliphatic carbocycles. The van der Waals surface area contributed by atoms with Crippen molar-refractivity contribution in [1.29, 1.82) is 10.5 Å². The minimum atomic E-state index is -4.26. The van der Waals surface area contributed by atoms with E-state index in [1.165, 1.54) is 37.3 Å². The monoisotopic (exact) mass is 465 g/mol. The zero-order valence-electron chi connectivity index (χ0n) is 16.2. The Hall–Kier alpha value is -2.73. The molecule has 162 valence electrons. The third kappa shape index (κ3) is 4.22. The molecule has 31 heavy (non-hydrogen) atoms. The molecule has 1 saturated heterocycles. The molecule has 1 aliphatic rings. The molecular formula is C20H17ClFN3O5S. The standard InChI is InChI=1S/C20H17ClFN3O5S/c1-12(26)20(27)11-25(31(28,29)18-5-3-15(21)6-14(18)9-24)10-19(20)30-16-4-2-13(8-23)17(22)7-16/h2-7,12,19,26-27H,10-11H2,1H3/t12-,19-,20+/m0/s1. The number of benzene rings is 2. The van der Waals surface area contributed by atoms with E-state index in [1.807, 2.05) is 0 Å². The number of nitriles is 2. The smallest absolute Gasteiger partial charge is 0.244 e. The number of rotatable bonds is 5. The van der Waals surface area contributed by atoms with Crippen LogP contribution in [0.4, 0.5) is 4.39 Å². The lowest BCUT2D eigenvalue weighted by Gasteiger charge is -2.31. The maximum Gasteiger partial charge on any atom is 0.244 e. The molecule has 1 aliphatic heterocycles. The second-order valence-corrected chi connectivity index (χ2v) is 9.42. The maximum absolute atomic E-state index is 13.9. The van der Waals surface area contributed by atoms with Gasteiger partial charge in [0.05, 0.1) is 23.8 Å². The van der Waals surface area contributed by atoms with Crippen molar-refractivity contribution in [3.05, 3.63) is 58.4 Å². The van der Waals surface area contributed by atoms with Crippen LogP contribution in [0.3, 0.4) is 0 Å². The van der Waals surface area contributed by atoms with Crippen molar-refractivity contribution in [1.82, 2.24) is 4.31 Å². The minimum absolute atomic E-state index is 0.0518. The largest absolute Gasteiger partial charge is 0.486 e. The summed E-state index contributed by atoms with van der Waals surface area (Å²) in [7, 11) is -4.26. The molecule has 2 N–H and O–H groups in total. The topological polar surface area (TPSA) is 135 Å². The third-order valence-electron chi connectivity index (χ3n) is 5.10. The summed E-state index contributed by atoms with van der Waals surface area (Å²) in [5.41, 5.74) is -2.40. The van der Waals surface area contributed by atoms with Gasteiger partial charge in [-0.25, -0.2) is 12.8 Å². The molecule has 0 unspecified atom stereocenters. The molecule has 2 aromatic carbocycles. The van der Waals surface area contributed by atoms with Crippen molar-refractivity contribution >= 4 is 21.6 Å². The molecule has 1 fully saturated rings. The quantitative estimate of drug-likeness (QED) is 0.687. The molecule has 1 heterocycles. The van der Waals surface area contributed by atoms with E-state index in [1.54, 1.807) is 12.1 Å². The van der Waals surface area contributed by atoms with Crippen LogP contribution in [0, 0.1) is 28.5 Å². The Morgan fingerprint density at radius 3 is 2.52 bits per heavy atom. The highest BCUT2D eigenvalue weighted by atomic mass is 35.5. The Morgan fingerprint density at radius 2 is 1.94 bits per heavy atom. The average Bonchev–Trinajstić information content (AvgIpc) is 3.06.